The van der Waals surface area contributed by atoms with E-state index >= 15 is 0 Å². The van der Waals surface area contributed by atoms with Crippen molar-refractivity contribution in [3.8, 4) is 11.4 Å². The standard InChI is InChI=1S/C13H10N4O2/c1-7-2-8(5-14-4-7)11-16-10-3-9(13(18)19)6-15-12(10)17-11/h2-6H,1H3,(H,18,19)(H,15,16,17). The molecular weight excluding hydrogens is 244 g/mol. The number of nitrogens with zero attached hydrogens (tertiary/aromatic N) is 3. The van der Waals surface area contributed by atoms with E-state index in [-0.39, 0.29) is 5.56 Å². The summed E-state index contributed by atoms with van der Waals surface area (Å²) in [7, 11) is 0. The van der Waals surface area contributed by atoms with Gasteiger partial charge in [-0.25, -0.2) is 14.8 Å². The first-order valence-electron chi connectivity index (χ1n) is 5.64. The summed E-state index contributed by atoms with van der Waals surface area (Å²) in [4.78, 5) is 26.4. The lowest BCUT2D eigenvalue weighted by Crippen LogP contribution is -1.96. The number of aromatic nitrogens is 4. The molecule has 94 valence electrons. The zero-order chi connectivity index (χ0) is 13.4. The van der Waals surface area contributed by atoms with Gasteiger partial charge in [-0.2, -0.15) is 0 Å². The Morgan fingerprint density at radius 3 is 2.84 bits per heavy atom. The van der Waals surface area contributed by atoms with E-state index in [9.17, 15) is 4.79 Å². The van der Waals surface area contributed by atoms with Crippen LogP contribution in [0.3, 0.4) is 0 Å². The molecule has 6 heteroatoms. The summed E-state index contributed by atoms with van der Waals surface area (Å²) in [6, 6.07) is 3.47. The maximum atomic E-state index is 10.9. The first-order valence-corrected chi connectivity index (χ1v) is 5.64. The van der Waals surface area contributed by atoms with Crippen LogP contribution in [0.2, 0.25) is 0 Å². The molecule has 3 aromatic heterocycles. The van der Waals surface area contributed by atoms with Crippen molar-refractivity contribution in [1.29, 1.82) is 0 Å². The van der Waals surface area contributed by atoms with E-state index in [1.807, 2.05) is 13.0 Å². The third kappa shape index (κ3) is 2.03. The number of rotatable bonds is 2. The Labute approximate surface area is 108 Å². The molecule has 2 N–H and O–H groups in total. The lowest BCUT2D eigenvalue weighted by molar-refractivity contribution is 0.0696. The highest BCUT2D eigenvalue weighted by Crippen LogP contribution is 2.19. The second kappa shape index (κ2) is 4.16. The molecule has 0 bridgehead atoms. The normalized spacial score (nSPS) is 10.8. The molecule has 0 aliphatic rings. The highest BCUT2D eigenvalue weighted by molar-refractivity contribution is 5.91. The fourth-order valence-corrected chi connectivity index (χ4v) is 1.84. The van der Waals surface area contributed by atoms with E-state index in [1.165, 1.54) is 12.3 Å². The minimum absolute atomic E-state index is 0.130. The summed E-state index contributed by atoms with van der Waals surface area (Å²) in [5.74, 6) is -0.385. The number of aromatic carboxylic acids is 1. The SMILES string of the molecule is Cc1cncc(-c2nc3ncc(C(=O)O)cc3[nH]2)c1. The van der Waals surface area contributed by atoms with Gasteiger partial charge in [-0.1, -0.05) is 0 Å². The minimum atomic E-state index is -1.01. The van der Waals surface area contributed by atoms with Crippen molar-refractivity contribution in [1.82, 2.24) is 19.9 Å². The molecule has 0 radical (unpaired) electrons. The van der Waals surface area contributed by atoms with Crippen LogP contribution < -0.4 is 0 Å². The fraction of sp³-hybridized carbons (Fsp3) is 0.0769. The van der Waals surface area contributed by atoms with Gasteiger partial charge in [0.25, 0.3) is 0 Å². The van der Waals surface area contributed by atoms with Crippen LogP contribution >= 0.6 is 0 Å². The number of aromatic amines is 1. The van der Waals surface area contributed by atoms with Crippen LogP contribution in [0.4, 0.5) is 0 Å². The zero-order valence-corrected chi connectivity index (χ0v) is 10.1. The maximum Gasteiger partial charge on any atom is 0.337 e. The molecule has 0 aliphatic heterocycles. The predicted molar refractivity (Wildman–Crippen MR) is 68.8 cm³/mol. The van der Waals surface area contributed by atoms with Gasteiger partial charge >= 0.3 is 5.97 Å². The van der Waals surface area contributed by atoms with Gasteiger partial charge in [0.05, 0.1) is 11.1 Å². The highest BCUT2D eigenvalue weighted by atomic mass is 16.4. The average Bonchev–Trinajstić information content (AvgIpc) is 2.81. The van der Waals surface area contributed by atoms with Gasteiger partial charge in [0.15, 0.2) is 5.65 Å². The molecule has 3 aromatic rings. The molecule has 3 heterocycles. The van der Waals surface area contributed by atoms with Crippen molar-refractivity contribution in [3.05, 3.63) is 41.9 Å². The van der Waals surface area contributed by atoms with Gasteiger partial charge in [0.1, 0.15) is 5.82 Å². The van der Waals surface area contributed by atoms with E-state index in [0.29, 0.717) is 17.0 Å². The number of fused-ring (bicyclic) bond motifs is 1. The first-order chi connectivity index (χ1) is 9.13. The topological polar surface area (TPSA) is 91.8 Å². The number of H-pyrrole nitrogens is 1. The first kappa shape index (κ1) is 11.3. The number of carboxylic acids is 1. The summed E-state index contributed by atoms with van der Waals surface area (Å²) >= 11 is 0. The van der Waals surface area contributed by atoms with Crippen LogP contribution in [-0.2, 0) is 0 Å². The second-order valence-electron chi connectivity index (χ2n) is 4.24. The van der Waals surface area contributed by atoms with Crippen molar-refractivity contribution in [3.63, 3.8) is 0 Å². The summed E-state index contributed by atoms with van der Waals surface area (Å²) in [5, 5.41) is 8.92. The molecule has 0 aromatic carbocycles. The molecular formula is C13H10N4O2. The van der Waals surface area contributed by atoms with Crippen molar-refractivity contribution in [2.75, 3.05) is 0 Å². The lowest BCUT2D eigenvalue weighted by Gasteiger charge is -1.96. The molecule has 6 nitrogen and oxygen atoms in total. The van der Waals surface area contributed by atoms with Gasteiger partial charge < -0.3 is 10.1 Å². The number of hydrogen-bond acceptors (Lipinski definition) is 4. The highest BCUT2D eigenvalue weighted by Gasteiger charge is 2.10. The van der Waals surface area contributed by atoms with Crippen molar-refractivity contribution >= 4 is 17.1 Å². The van der Waals surface area contributed by atoms with Crippen molar-refractivity contribution in [2.45, 2.75) is 6.92 Å². The van der Waals surface area contributed by atoms with Gasteiger partial charge in [-0.15, -0.1) is 0 Å². The number of carboxylic acid groups (broad SMARTS) is 1. The van der Waals surface area contributed by atoms with Crippen molar-refractivity contribution in [2.24, 2.45) is 0 Å². The molecule has 0 spiro atoms. The van der Waals surface area contributed by atoms with Gasteiger partial charge in [-0.3, -0.25) is 4.98 Å². The Balaban J connectivity index is 2.14. The molecule has 0 fully saturated rings. The summed E-state index contributed by atoms with van der Waals surface area (Å²) in [6.45, 7) is 1.94. The number of pyridine rings is 2. The molecule has 3 rings (SSSR count). The van der Waals surface area contributed by atoms with Gasteiger partial charge in [0, 0.05) is 24.2 Å². The van der Waals surface area contributed by atoms with Crippen LogP contribution in [0.5, 0.6) is 0 Å². The van der Waals surface area contributed by atoms with E-state index in [1.54, 1.807) is 12.4 Å². The third-order valence-electron chi connectivity index (χ3n) is 2.73. The molecule has 0 amide bonds. The molecule has 0 unspecified atom stereocenters. The zero-order valence-electron chi connectivity index (χ0n) is 10.1. The van der Waals surface area contributed by atoms with E-state index < -0.39 is 5.97 Å². The van der Waals surface area contributed by atoms with E-state index in [0.717, 1.165) is 11.1 Å². The summed E-state index contributed by atoms with van der Waals surface area (Å²) < 4.78 is 0. The largest absolute Gasteiger partial charge is 0.478 e. The molecule has 0 atom stereocenters. The smallest absolute Gasteiger partial charge is 0.337 e. The number of aryl methyl sites for hydroxylation is 1. The Morgan fingerprint density at radius 2 is 2.11 bits per heavy atom. The average molecular weight is 254 g/mol. The molecule has 19 heavy (non-hydrogen) atoms. The molecule has 0 aliphatic carbocycles. The minimum Gasteiger partial charge on any atom is -0.478 e. The third-order valence-corrected chi connectivity index (χ3v) is 2.73. The maximum absolute atomic E-state index is 10.9. The Hall–Kier alpha value is -2.76. The van der Waals surface area contributed by atoms with E-state index in [4.69, 9.17) is 5.11 Å². The van der Waals surface area contributed by atoms with Crippen LogP contribution in [-0.4, -0.2) is 31.0 Å². The van der Waals surface area contributed by atoms with Crippen LogP contribution in [0.1, 0.15) is 15.9 Å². The Kier molecular flexibility index (Phi) is 2.49. The monoisotopic (exact) mass is 254 g/mol. The fourth-order valence-electron chi connectivity index (χ4n) is 1.84. The quantitative estimate of drug-likeness (QED) is 0.730. The van der Waals surface area contributed by atoms with E-state index in [2.05, 4.69) is 19.9 Å². The van der Waals surface area contributed by atoms with Gasteiger partial charge in [-0.05, 0) is 24.6 Å². The molecule has 0 saturated heterocycles. The number of imidazole rings is 1. The number of carbonyl (C=O) groups is 1. The Bertz CT molecular complexity index is 779. The number of nitrogens with one attached hydrogen (secondary N) is 1. The molecule has 0 saturated carbocycles. The second-order valence-corrected chi connectivity index (χ2v) is 4.24. The van der Waals surface area contributed by atoms with Crippen LogP contribution in [0.25, 0.3) is 22.6 Å². The lowest BCUT2D eigenvalue weighted by atomic mass is 10.2. The van der Waals surface area contributed by atoms with Crippen LogP contribution in [0.15, 0.2) is 30.7 Å². The predicted octanol–water partition coefficient (Wildman–Crippen LogP) is 2.03. The van der Waals surface area contributed by atoms with Crippen LogP contribution in [0, 0.1) is 6.92 Å². The summed E-state index contributed by atoms with van der Waals surface area (Å²) in [6.07, 6.45) is 4.75. The number of hydrogen-bond donors (Lipinski definition) is 2. The Morgan fingerprint density at radius 1 is 1.26 bits per heavy atom. The van der Waals surface area contributed by atoms with Gasteiger partial charge in [0.2, 0.25) is 0 Å². The van der Waals surface area contributed by atoms with Crippen molar-refractivity contribution < 1.29 is 9.90 Å². The summed E-state index contributed by atoms with van der Waals surface area (Å²) in [5.41, 5.74) is 3.08.